The first-order chi connectivity index (χ1) is 9.74. The third kappa shape index (κ3) is 2.70. The van der Waals surface area contributed by atoms with Gasteiger partial charge in [-0.3, -0.25) is 0 Å². The third-order valence-electron chi connectivity index (χ3n) is 3.56. The molecule has 106 valence electrons. The van der Waals surface area contributed by atoms with Crippen molar-refractivity contribution in [2.24, 2.45) is 0 Å². The molecule has 1 aliphatic rings. The number of benzene rings is 1. The Labute approximate surface area is 115 Å². The smallest absolute Gasteiger partial charge is 0.231 e. The summed E-state index contributed by atoms with van der Waals surface area (Å²) >= 11 is 0. The van der Waals surface area contributed by atoms with Crippen molar-refractivity contribution in [1.82, 2.24) is 15.5 Å². The summed E-state index contributed by atoms with van der Waals surface area (Å²) < 4.78 is 31.9. The van der Waals surface area contributed by atoms with E-state index in [1.54, 1.807) is 0 Å². The van der Waals surface area contributed by atoms with Crippen molar-refractivity contribution in [3.63, 3.8) is 0 Å². The largest absolute Gasteiger partial charge is 0.339 e. The normalized spacial score (nSPS) is 16.5. The number of nitrogens with one attached hydrogen (secondary N) is 1. The Morgan fingerprint density at radius 2 is 2.05 bits per heavy atom. The summed E-state index contributed by atoms with van der Waals surface area (Å²) in [5.41, 5.74) is 0.227. The topological polar surface area (TPSA) is 51.0 Å². The van der Waals surface area contributed by atoms with Gasteiger partial charge in [-0.25, -0.2) is 8.78 Å². The van der Waals surface area contributed by atoms with E-state index in [9.17, 15) is 8.78 Å². The van der Waals surface area contributed by atoms with Crippen LogP contribution in [0.4, 0.5) is 8.78 Å². The molecule has 0 radical (unpaired) electrons. The highest BCUT2D eigenvalue weighted by atomic mass is 19.2. The van der Waals surface area contributed by atoms with Crippen molar-refractivity contribution in [1.29, 1.82) is 0 Å². The first kappa shape index (κ1) is 13.2. The van der Waals surface area contributed by atoms with E-state index in [0.29, 0.717) is 11.7 Å². The molecule has 0 atom stereocenters. The quantitative estimate of drug-likeness (QED) is 0.937. The third-order valence-corrected chi connectivity index (χ3v) is 3.56. The fourth-order valence-corrected chi connectivity index (χ4v) is 2.43. The molecular weight excluding hydrogens is 264 g/mol. The van der Waals surface area contributed by atoms with Gasteiger partial charge >= 0.3 is 0 Å². The molecule has 0 aliphatic carbocycles. The summed E-state index contributed by atoms with van der Waals surface area (Å²) in [7, 11) is 0. The van der Waals surface area contributed by atoms with E-state index < -0.39 is 11.6 Å². The molecule has 6 heteroatoms. The van der Waals surface area contributed by atoms with Gasteiger partial charge in [0.1, 0.15) is 0 Å². The Bertz CT molecular complexity index is 594. The van der Waals surface area contributed by atoms with Crippen molar-refractivity contribution < 1.29 is 13.3 Å². The predicted octanol–water partition coefficient (Wildman–Crippen LogP) is 2.41. The number of piperidine rings is 1. The molecule has 3 rings (SSSR count). The molecule has 4 nitrogen and oxygen atoms in total. The van der Waals surface area contributed by atoms with E-state index in [4.69, 9.17) is 4.52 Å². The van der Waals surface area contributed by atoms with Gasteiger partial charge in [0.05, 0.1) is 6.42 Å². The monoisotopic (exact) mass is 279 g/mol. The van der Waals surface area contributed by atoms with Crippen molar-refractivity contribution in [2.45, 2.75) is 25.2 Å². The van der Waals surface area contributed by atoms with Crippen molar-refractivity contribution in [3.05, 3.63) is 47.1 Å². The van der Waals surface area contributed by atoms with Crippen LogP contribution in [0.1, 0.15) is 36.0 Å². The Morgan fingerprint density at radius 1 is 1.25 bits per heavy atom. The van der Waals surface area contributed by atoms with Gasteiger partial charge in [-0.2, -0.15) is 4.98 Å². The van der Waals surface area contributed by atoms with E-state index in [2.05, 4.69) is 15.5 Å². The van der Waals surface area contributed by atoms with Crippen LogP contribution < -0.4 is 5.32 Å². The molecule has 1 N–H and O–H groups in total. The molecule has 20 heavy (non-hydrogen) atoms. The van der Waals surface area contributed by atoms with Crippen LogP contribution >= 0.6 is 0 Å². The minimum Gasteiger partial charge on any atom is -0.339 e. The number of hydrogen-bond donors (Lipinski definition) is 1. The Balaban J connectivity index is 1.75. The predicted molar refractivity (Wildman–Crippen MR) is 68.3 cm³/mol. The number of halogens is 2. The fraction of sp³-hybridized carbons (Fsp3) is 0.429. The molecule has 0 bridgehead atoms. The lowest BCUT2D eigenvalue weighted by atomic mass is 9.98. The molecule has 0 spiro atoms. The van der Waals surface area contributed by atoms with E-state index in [1.165, 1.54) is 12.1 Å². The van der Waals surface area contributed by atoms with Gasteiger partial charge in [0.15, 0.2) is 17.5 Å². The molecule has 2 heterocycles. The lowest BCUT2D eigenvalue weighted by molar-refractivity contribution is 0.364. The standard InChI is InChI=1S/C14H15F2N3O/c15-11-3-1-2-10(13(11)16)8-12-18-14(19-20-12)9-4-6-17-7-5-9/h1-3,9,17H,4-8H2. The molecule has 0 saturated carbocycles. The van der Waals surface area contributed by atoms with Gasteiger partial charge < -0.3 is 9.84 Å². The van der Waals surface area contributed by atoms with Crippen LogP contribution in [0.2, 0.25) is 0 Å². The lowest BCUT2D eigenvalue weighted by Crippen LogP contribution is -2.27. The summed E-state index contributed by atoms with van der Waals surface area (Å²) in [5, 5.41) is 7.23. The molecule has 1 aromatic heterocycles. The number of aromatic nitrogens is 2. The highest BCUT2D eigenvalue weighted by Crippen LogP contribution is 2.23. The summed E-state index contributed by atoms with van der Waals surface area (Å²) in [6, 6.07) is 4.08. The van der Waals surface area contributed by atoms with Crippen LogP contribution in [-0.4, -0.2) is 23.2 Å². The fourth-order valence-electron chi connectivity index (χ4n) is 2.43. The van der Waals surface area contributed by atoms with Crippen LogP contribution in [0, 0.1) is 11.6 Å². The van der Waals surface area contributed by atoms with E-state index in [1.807, 2.05) is 0 Å². The van der Waals surface area contributed by atoms with Crippen LogP contribution in [-0.2, 0) is 6.42 Å². The van der Waals surface area contributed by atoms with Crippen LogP contribution in [0.5, 0.6) is 0 Å². The van der Waals surface area contributed by atoms with Crippen molar-refractivity contribution >= 4 is 0 Å². The Morgan fingerprint density at radius 3 is 2.85 bits per heavy atom. The highest BCUT2D eigenvalue weighted by molar-refractivity contribution is 5.21. The lowest BCUT2D eigenvalue weighted by Gasteiger charge is -2.18. The van der Waals surface area contributed by atoms with E-state index in [-0.39, 0.29) is 17.9 Å². The van der Waals surface area contributed by atoms with Crippen molar-refractivity contribution in [2.75, 3.05) is 13.1 Å². The summed E-state index contributed by atoms with van der Waals surface area (Å²) in [4.78, 5) is 4.31. The summed E-state index contributed by atoms with van der Waals surface area (Å²) in [6.45, 7) is 1.88. The highest BCUT2D eigenvalue weighted by Gasteiger charge is 2.21. The van der Waals surface area contributed by atoms with Gasteiger partial charge in [-0.15, -0.1) is 0 Å². The van der Waals surface area contributed by atoms with Crippen LogP contribution in [0.3, 0.4) is 0 Å². The molecule has 2 aromatic rings. The van der Waals surface area contributed by atoms with E-state index >= 15 is 0 Å². The second-order valence-corrected chi connectivity index (χ2v) is 4.96. The average Bonchev–Trinajstić information content (AvgIpc) is 2.93. The zero-order chi connectivity index (χ0) is 13.9. The maximum Gasteiger partial charge on any atom is 0.231 e. The number of nitrogens with zero attached hydrogens (tertiary/aromatic N) is 2. The van der Waals surface area contributed by atoms with Gasteiger partial charge in [-0.05, 0) is 32.0 Å². The van der Waals surface area contributed by atoms with Crippen molar-refractivity contribution in [3.8, 4) is 0 Å². The molecular formula is C14H15F2N3O. The second-order valence-electron chi connectivity index (χ2n) is 4.96. The second kappa shape index (κ2) is 5.66. The number of hydrogen-bond acceptors (Lipinski definition) is 4. The minimum absolute atomic E-state index is 0.113. The van der Waals surface area contributed by atoms with Gasteiger partial charge in [0.2, 0.25) is 5.89 Å². The molecule has 1 fully saturated rings. The minimum atomic E-state index is -0.861. The molecule has 1 saturated heterocycles. The first-order valence-electron chi connectivity index (χ1n) is 6.70. The van der Waals surface area contributed by atoms with E-state index in [0.717, 1.165) is 32.0 Å². The Hall–Kier alpha value is -1.82. The van der Waals surface area contributed by atoms with Gasteiger partial charge in [0, 0.05) is 11.5 Å². The maximum atomic E-state index is 13.6. The maximum absolute atomic E-state index is 13.6. The van der Waals surface area contributed by atoms with Gasteiger partial charge in [-0.1, -0.05) is 17.3 Å². The zero-order valence-electron chi connectivity index (χ0n) is 10.9. The molecule has 1 aromatic carbocycles. The first-order valence-corrected chi connectivity index (χ1v) is 6.70. The summed E-state index contributed by atoms with van der Waals surface area (Å²) in [6.07, 6.45) is 2.04. The van der Waals surface area contributed by atoms with Crippen LogP contribution in [0.25, 0.3) is 0 Å². The number of rotatable bonds is 3. The molecule has 0 unspecified atom stereocenters. The summed E-state index contributed by atoms with van der Waals surface area (Å²) in [5.74, 6) is -0.442. The Kier molecular flexibility index (Phi) is 3.73. The molecule has 0 amide bonds. The zero-order valence-corrected chi connectivity index (χ0v) is 10.9. The van der Waals surface area contributed by atoms with Gasteiger partial charge in [0.25, 0.3) is 0 Å². The van der Waals surface area contributed by atoms with Crippen LogP contribution in [0.15, 0.2) is 22.7 Å². The SMILES string of the molecule is Fc1cccc(Cc2nc(C3CCNCC3)no2)c1F. The molecule has 1 aliphatic heterocycles. The average molecular weight is 279 g/mol.